The van der Waals surface area contributed by atoms with Crippen LogP contribution in [0.5, 0.6) is 0 Å². The predicted molar refractivity (Wildman–Crippen MR) is 34.7 cm³/mol. The topological polar surface area (TPSA) is 52.3 Å². The summed E-state index contributed by atoms with van der Waals surface area (Å²) in [6.45, 7) is 0.616. The summed E-state index contributed by atoms with van der Waals surface area (Å²) in [5, 5.41) is 0. The van der Waals surface area contributed by atoms with Crippen LogP contribution in [-0.4, -0.2) is 12.5 Å². The number of hydrogen-bond donors (Lipinski definition) is 1. The third-order valence-electron chi connectivity index (χ3n) is 1.17. The SMILES string of the molecule is NCCCCCC(=O)OF. The molecule has 0 heterocycles. The zero-order valence-electron chi connectivity index (χ0n) is 5.81. The Morgan fingerprint density at radius 2 is 2.10 bits per heavy atom. The maximum absolute atomic E-state index is 11.0. The number of hydrogen-bond acceptors (Lipinski definition) is 3. The lowest BCUT2D eigenvalue weighted by Gasteiger charge is -1.94. The molecule has 0 radical (unpaired) electrons. The lowest BCUT2D eigenvalue weighted by atomic mass is 10.2. The first-order valence-electron chi connectivity index (χ1n) is 3.32. The minimum atomic E-state index is -0.794. The molecule has 0 amide bonds. The van der Waals surface area contributed by atoms with Crippen LogP contribution in [0, 0.1) is 0 Å². The zero-order valence-corrected chi connectivity index (χ0v) is 5.81. The molecule has 0 rings (SSSR count). The molecule has 0 aliphatic carbocycles. The molecule has 0 unspecified atom stereocenters. The van der Waals surface area contributed by atoms with Crippen LogP contribution in [0.15, 0.2) is 0 Å². The molecular formula is C6H12FNO2. The first-order chi connectivity index (χ1) is 4.81. The minimum absolute atomic E-state index is 0.149. The molecule has 0 fully saturated rings. The van der Waals surface area contributed by atoms with E-state index in [0.717, 1.165) is 12.8 Å². The van der Waals surface area contributed by atoms with Gasteiger partial charge in [-0.15, -0.1) is 0 Å². The molecule has 10 heavy (non-hydrogen) atoms. The molecule has 0 saturated carbocycles. The van der Waals surface area contributed by atoms with Crippen molar-refractivity contribution in [2.75, 3.05) is 6.54 Å². The Bertz CT molecular complexity index is 97.7. The highest BCUT2D eigenvalue weighted by molar-refractivity contribution is 5.68. The molecule has 60 valence electrons. The second-order valence-electron chi connectivity index (χ2n) is 2.05. The number of carbonyl (C=O) groups excluding carboxylic acids is 1. The average Bonchev–Trinajstić information content (AvgIpc) is 1.98. The Kier molecular flexibility index (Phi) is 6.06. The van der Waals surface area contributed by atoms with E-state index in [2.05, 4.69) is 4.94 Å². The molecule has 0 saturated heterocycles. The molecule has 0 aromatic heterocycles. The fourth-order valence-corrected chi connectivity index (χ4v) is 0.629. The first-order valence-corrected chi connectivity index (χ1v) is 3.32. The van der Waals surface area contributed by atoms with Gasteiger partial charge in [0.1, 0.15) is 0 Å². The monoisotopic (exact) mass is 149 g/mol. The van der Waals surface area contributed by atoms with Gasteiger partial charge in [-0.05, 0) is 19.4 Å². The summed E-state index contributed by atoms with van der Waals surface area (Å²) in [5.74, 6) is -0.794. The summed E-state index contributed by atoms with van der Waals surface area (Å²) < 4.78 is 11.0. The molecule has 0 spiro atoms. The predicted octanol–water partition coefficient (Wildman–Crippen LogP) is 0.933. The highest BCUT2D eigenvalue weighted by Gasteiger charge is 2.00. The van der Waals surface area contributed by atoms with Crippen molar-refractivity contribution in [1.82, 2.24) is 0 Å². The average molecular weight is 149 g/mol. The van der Waals surface area contributed by atoms with Gasteiger partial charge in [0.25, 0.3) is 0 Å². The molecule has 0 bridgehead atoms. The van der Waals surface area contributed by atoms with Gasteiger partial charge in [0, 0.05) is 10.9 Å². The van der Waals surface area contributed by atoms with E-state index in [9.17, 15) is 9.32 Å². The normalized spacial score (nSPS) is 9.40. The molecule has 0 atom stereocenters. The molecule has 3 nitrogen and oxygen atoms in total. The minimum Gasteiger partial charge on any atom is -0.330 e. The highest BCUT2D eigenvalue weighted by atomic mass is 19.3. The quantitative estimate of drug-likeness (QED) is 0.591. The van der Waals surface area contributed by atoms with Gasteiger partial charge < -0.3 is 5.73 Å². The number of halogens is 1. The molecule has 0 aromatic rings. The Hall–Kier alpha value is -0.640. The van der Waals surface area contributed by atoms with E-state index >= 15 is 0 Å². The van der Waals surface area contributed by atoms with Crippen molar-refractivity contribution in [3.8, 4) is 0 Å². The van der Waals surface area contributed by atoms with Gasteiger partial charge in [-0.25, -0.2) is 4.79 Å². The Balaban J connectivity index is 2.96. The number of carbonyl (C=O) groups is 1. The van der Waals surface area contributed by atoms with Crippen LogP contribution in [-0.2, 0) is 9.74 Å². The lowest BCUT2D eigenvalue weighted by molar-refractivity contribution is -0.183. The van der Waals surface area contributed by atoms with Crippen molar-refractivity contribution < 1.29 is 14.3 Å². The summed E-state index contributed by atoms with van der Waals surface area (Å²) in [4.78, 5) is 13.1. The van der Waals surface area contributed by atoms with Crippen LogP contribution < -0.4 is 5.73 Å². The maximum Gasteiger partial charge on any atom is 0.348 e. The second kappa shape index (κ2) is 6.48. The molecule has 0 aliphatic heterocycles. The van der Waals surface area contributed by atoms with Crippen LogP contribution in [0.1, 0.15) is 25.7 Å². The number of unbranched alkanes of at least 4 members (excludes halogenated alkanes) is 2. The van der Waals surface area contributed by atoms with Gasteiger partial charge in [0.2, 0.25) is 0 Å². The third-order valence-corrected chi connectivity index (χ3v) is 1.17. The van der Waals surface area contributed by atoms with Crippen LogP contribution in [0.4, 0.5) is 4.53 Å². The third kappa shape index (κ3) is 5.50. The standard InChI is InChI=1S/C6H12FNO2/c7-10-6(9)4-2-1-3-5-8/h1-5,8H2. The Morgan fingerprint density at radius 3 is 2.60 bits per heavy atom. The van der Waals surface area contributed by atoms with E-state index < -0.39 is 5.97 Å². The molecule has 0 aliphatic rings. The molecule has 2 N–H and O–H groups in total. The van der Waals surface area contributed by atoms with Crippen molar-refractivity contribution in [2.24, 2.45) is 5.73 Å². The van der Waals surface area contributed by atoms with Crippen molar-refractivity contribution in [3.05, 3.63) is 0 Å². The van der Waals surface area contributed by atoms with Gasteiger partial charge in [-0.3, -0.25) is 4.94 Å². The summed E-state index contributed by atoms with van der Waals surface area (Å²) in [5.41, 5.74) is 5.19. The van der Waals surface area contributed by atoms with E-state index in [1.165, 1.54) is 0 Å². The van der Waals surface area contributed by atoms with E-state index in [1.807, 2.05) is 0 Å². The Morgan fingerprint density at radius 1 is 1.40 bits per heavy atom. The number of rotatable bonds is 5. The van der Waals surface area contributed by atoms with Crippen molar-refractivity contribution in [1.29, 1.82) is 0 Å². The van der Waals surface area contributed by atoms with Crippen LogP contribution >= 0.6 is 0 Å². The summed E-state index contributed by atoms with van der Waals surface area (Å²) >= 11 is 0. The second-order valence-corrected chi connectivity index (χ2v) is 2.05. The smallest absolute Gasteiger partial charge is 0.330 e. The van der Waals surface area contributed by atoms with Gasteiger partial charge in [0.05, 0.1) is 0 Å². The van der Waals surface area contributed by atoms with Crippen molar-refractivity contribution >= 4 is 5.97 Å². The largest absolute Gasteiger partial charge is 0.348 e. The zero-order chi connectivity index (χ0) is 7.82. The van der Waals surface area contributed by atoms with E-state index in [4.69, 9.17) is 5.73 Å². The first kappa shape index (κ1) is 9.36. The maximum atomic E-state index is 11.0. The molecule has 4 heteroatoms. The number of nitrogens with two attached hydrogens (primary N) is 1. The molecule has 0 aromatic carbocycles. The van der Waals surface area contributed by atoms with Gasteiger partial charge in [0.15, 0.2) is 0 Å². The molecular weight excluding hydrogens is 137 g/mol. The van der Waals surface area contributed by atoms with Gasteiger partial charge in [-0.2, -0.15) is 0 Å². The van der Waals surface area contributed by atoms with Gasteiger partial charge in [-0.1, -0.05) is 6.42 Å². The fraction of sp³-hybridized carbons (Fsp3) is 0.833. The van der Waals surface area contributed by atoms with Crippen LogP contribution in [0.3, 0.4) is 0 Å². The van der Waals surface area contributed by atoms with E-state index in [1.54, 1.807) is 0 Å². The summed E-state index contributed by atoms with van der Waals surface area (Å²) in [6, 6.07) is 0. The lowest BCUT2D eigenvalue weighted by Crippen LogP contribution is -2.00. The van der Waals surface area contributed by atoms with Crippen LogP contribution in [0.2, 0.25) is 0 Å². The highest BCUT2D eigenvalue weighted by Crippen LogP contribution is 1.99. The van der Waals surface area contributed by atoms with E-state index in [-0.39, 0.29) is 6.42 Å². The van der Waals surface area contributed by atoms with E-state index in [0.29, 0.717) is 13.0 Å². The fourth-order valence-electron chi connectivity index (χ4n) is 0.629. The summed E-state index contributed by atoms with van der Waals surface area (Å²) in [6.07, 6.45) is 2.53. The summed E-state index contributed by atoms with van der Waals surface area (Å²) in [7, 11) is 0. The van der Waals surface area contributed by atoms with Crippen molar-refractivity contribution in [2.45, 2.75) is 25.7 Å². The van der Waals surface area contributed by atoms with Gasteiger partial charge >= 0.3 is 5.97 Å². The van der Waals surface area contributed by atoms with Crippen molar-refractivity contribution in [3.63, 3.8) is 0 Å². The Labute approximate surface area is 59.2 Å². The van der Waals surface area contributed by atoms with Crippen LogP contribution in [0.25, 0.3) is 0 Å².